The summed E-state index contributed by atoms with van der Waals surface area (Å²) in [7, 11) is -1.27. The Morgan fingerprint density at radius 2 is 1.84 bits per heavy atom. The molecule has 0 saturated heterocycles. The van der Waals surface area contributed by atoms with E-state index in [-0.39, 0.29) is 6.54 Å². The van der Waals surface area contributed by atoms with E-state index in [0.717, 1.165) is 22.5 Å². The molecule has 19 heavy (non-hydrogen) atoms. The third kappa shape index (κ3) is 3.68. The number of rotatable bonds is 5. The van der Waals surface area contributed by atoms with Crippen LogP contribution in [0.25, 0.3) is 0 Å². The molecule has 1 rings (SSSR count). The zero-order chi connectivity index (χ0) is 14.7. The summed E-state index contributed by atoms with van der Waals surface area (Å²) in [6, 6.07) is 4.16. The molecule has 0 spiro atoms. The van der Waals surface area contributed by atoms with Gasteiger partial charge >= 0.3 is 6.18 Å². The van der Waals surface area contributed by atoms with Gasteiger partial charge in [-0.15, -0.1) is 0 Å². The Kier molecular flexibility index (Phi) is 4.94. The van der Waals surface area contributed by atoms with Gasteiger partial charge in [-0.1, -0.05) is 12.1 Å². The maximum atomic E-state index is 12.8. The van der Waals surface area contributed by atoms with Crippen LogP contribution in [-0.4, -0.2) is 39.9 Å². The van der Waals surface area contributed by atoms with Gasteiger partial charge in [0, 0.05) is 20.1 Å². The summed E-state index contributed by atoms with van der Waals surface area (Å²) in [5.74, 6) is 0. The molecular weight excluding hydrogens is 281 g/mol. The van der Waals surface area contributed by atoms with Crippen molar-refractivity contribution in [2.24, 2.45) is 0 Å². The Labute approximate surface area is 110 Å². The normalized spacial score (nSPS) is 12.9. The lowest BCUT2D eigenvalue weighted by Crippen LogP contribution is -2.33. The smallest absolute Gasteiger partial charge is 0.318 e. The van der Waals surface area contributed by atoms with E-state index < -0.39 is 26.7 Å². The van der Waals surface area contributed by atoms with Crippen molar-refractivity contribution < 1.29 is 21.6 Å². The molecule has 0 radical (unpaired) electrons. The fraction of sp³-hybridized carbons (Fsp3) is 0.455. The molecule has 0 aromatic heterocycles. The van der Waals surface area contributed by atoms with E-state index in [0.29, 0.717) is 6.54 Å². The Hall–Kier alpha value is -1.12. The Bertz CT molecular complexity index is 529. The SMILES string of the molecule is CNCCN(C)S(=O)(=O)c1ccccc1C(F)(F)F. The van der Waals surface area contributed by atoms with Crippen LogP contribution in [0.5, 0.6) is 0 Å². The molecule has 0 heterocycles. The first-order chi connectivity index (χ1) is 8.71. The minimum absolute atomic E-state index is 0.0883. The highest BCUT2D eigenvalue weighted by Gasteiger charge is 2.37. The number of sulfonamides is 1. The number of benzene rings is 1. The Morgan fingerprint density at radius 3 is 2.37 bits per heavy atom. The molecule has 0 atom stereocenters. The second-order valence-corrected chi connectivity index (χ2v) is 5.94. The molecule has 8 heteroatoms. The summed E-state index contributed by atoms with van der Waals surface area (Å²) in [4.78, 5) is -0.721. The highest BCUT2D eigenvalue weighted by atomic mass is 32.2. The quantitative estimate of drug-likeness (QED) is 0.897. The predicted molar refractivity (Wildman–Crippen MR) is 65.2 cm³/mol. The van der Waals surface area contributed by atoms with Crippen LogP contribution in [0, 0.1) is 0 Å². The number of hydrogen-bond acceptors (Lipinski definition) is 3. The van der Waals surface area contributed by atoms with E-state index in [1.807, 2.05) is 0 Å². The third-order valence-electron chi connectivity index (χ3n) is 2.56. The molecule has 1 aromatic carbocycles. The van der Waals surface area contributed by atoms with Gasteiger partial charge < -0.3 is 5.32 Å². The van der Waals surface area contributed by atoms with E-state index in [1.54, 1.807) is 7.05 Å². The van der Waals surface area contributed by atoms with Gasteiger partial charge in [-0.25, -0.2) is 8.42 Å². The van der Waals surface area contributed by atoms with Crippen molar-refractivity contribution >= 4 is 10.0 Å². The summed E-state index contributed by atoms with van der Waals surface area (Å²) in [6.45, 7) is 0.439. The van der Waals surface area contributed by atoms with Gasteiger partial charge in [0.05, 0.1) is 10.5 Å². The topological polar surface area (TPSA) is 49.4 Å². The second kappa shape index (κ2) is 5.89. The zero-order valence-electron chi connectivity index (χ0n) is 10.5. The molecule has 4 nitrogen and oxygen atoms in total. The van der Waals surface area contributed by atoms with Crippen LogP contribution in [0.15, 0.2) is 29.2 Å². The fourth-order valence-electron chi connectivity index (χ4n) is 1.48. The van der Waals surface area contributed by atoms with Gasteiger partial charge in [-0.3, -0.25) is 0 Å². The zero-order valence-corrected chi connectivity index (χ0v) is 11.3. The van der Waals surface area contributed by atoms with Gasteiger partial charge in [0.2, 0.25) is 10.0 Å². The van der Waals surface area contributed by atoms with Gasteiger partial charge in [0.1, 0.15) is 0 Å². The van der Waals surface area contributed by atoms with Crippen molar-refractivity contribution in [2.45, 2.75) is 11.1 Å². The van der Waals surface area contributed by atoms with Crippen LogP contribution in [0.4, 0.5) is 13.2 Å². The van der Waals surface area contributed by atoms with Crippen LogP contribution in [0.1, 0.15) is 5.56 Å². The van der Waals surface area contributed by atoms with Gasteiger partial charge in [-0.05, 0) is 19.2 Å². The molecule has 0 aliphatic rings. The number of halogens is 3. The van der Waals surface area contributed by atoms with Crippen LogP contribution in [0.3, 0.4) is 0 Å². The van der Waals surface area contributed by atoms with E-state index >= 15 is 0 Å². The molecule has 0 aliphatic heterocycles. The average Bonchev–Trinajstić information content (AvgIpc) is 2.34. The third-order valence-corrected chi connectivity index (χ3v) is 4.47. The largest absolute Gasteiger partial charge is 0.417 e. The Balaban J connectivity index is 3.22. The van der Waals surface area contributed by atoms with Crippen LogP contribution in [0.2, 0.25) is 0 Å². The van der Waals surface area contributed by atoms with Crippen molar-refractivity contribution in [1.82, 2.24) is 9.62 Å². The summed E-state index contributed by atoms with van der Waals surface area (Å²) in [5.41, 5.74) is -1.15. The number of nitrogens with zero attached hydrogens (tertiary/aromatic N) is 1. The number of likely N-dealkylation sites (N-methyl/N-ethyl adjacent to an activating group) is 2. The lowest BCUT2D eigenvalue weighted by molar-refractivity contribution is -0.139. The molecule has 0 saturated carbocycles. The van der Waals surface area contributed by atoms with Crippen LogP contribution in [-0.2, 0) is 16.2 Å². The highest BCUT2D eigenvalue weighted by Crippen LogP contribution is 2.34. The molecule has 0 amide bonds. The van der Waals surface area contributed by atoms with E-state index in [2.05, 4.69) is 5.32 Å². The fourth-order valence-corrected chi connectivity index (χ4v) is 2.86. The molecule has 1 N–H and O–H groups in total. The molecule has 0 fully saturated rings. The lowest BCUT2D eigenvalue weighted by atomic mass is 10.2. The summed E-state index contributed by atoms with van der Waals surface area (Å²) in [5, 5.41) is 2.74. The van der Waals surface area contributed by atoms with E-state index in [9.17, 15) is 21.6 Å². The molecular formula is C11H15F3N2O2S. The first-order valence-electron chi connectivity index (χ1n) is 5.48. The first kappa shape index (κ1) is 15.9. The maximum absolute atomic E-state index is 12.8. The summed E-state index contributed by atoms with van der Waals surface area (Å²) in [6.07, 6.45) is -4.70. The minimum Gasteiger partial charge on any atom is -0.318 e. The number of nitrogens with one attached hydrogen (secondary N) is 1. The van der Waals surface area contributed by atoms with Gasteiger partial charge in [0.25, 0.3) is 0 Å². The molecule has 0 aliphatic carbocycles. The van der Waals surface area contributed by atoms with Crippen molar-refractivity contribution in [3.63, 3.8) is 0 Å². The maximum Gasteiger partial charge on any atom is 0.417 e. The Morgan fingerprint density at radius 1 is 1.26 bits per heavy atom. The van der Waals surface area contributed by atoms with Crippen molar-refractivity contribution in [2.75, 3.05) is 27.2 Å². The summed E-state index contributed by atoms with van der Waals surface area (Å²) < 4.78 is 63.5. The standard InChI is InChI=1S/C11H15F3N2O2S/c1-15-7-8-16(2)19(17,18)10-6-4-3-5-9(10)11(12,13)14/h3-6,15H,7-8H2,1-2H3. The second-order valence-electron chi connectivity index (χ2n) is 3.92. The van der Waals surface area contributed by atoms with E-state index in [4.69, 9.17) is 0 Å². The first-order valence-corrected chi connectivity index (χ1v) is 6.92. The highest BCUT2D eigenvalue weighted by molar-refractivity contribution is 7.89. The van der Waals surface area contributed by atoms with Gasteiger partial charge in [-0.2, -0.15) is 17.5 Å². The van der Waals surface area contributed by atoms with Crippen LogP contribution >= 0.6 is 0 Å². The minimum atomic E-state index is -4.70. The molecule has 0 bridgehead atoms. The number of alkyl halides is 3. The lowest BCUT2D eigenvalue weighted by Gasteiger charge is -2.20. The van der Waals surface area contributed by atoms with E-state index in [1.165, 1.54) is 13.1 Å². The van der Waals surface area contributed by atoms with Gasteiger partial charge in [0.15, 0.2) is 0 Å². The molecule has 1 aromatic rings. The monoisotopic (exact) mass is 296 g/mol. The predicted octanol–water partition coefficient (Wildman–Crippen LogP) is 1.55. The van der Waals surface area contributed by atoms with Crippen molar-refractivity contribution in [3.8, 4) is 0 Å². The molecule has 0 unspecified atom stereocenters. The summed E-state index contributed by atoms with van der Waals surface area (Å²) >= 11 is 0. The molecule has 108 valence electrons. The number of hydrogen-bond donors (Lipinski definition) is 1. The average molecular weight is 296 g/mol. The van der Waals surface area contributed by atoms with Crippen molar-refractivity contribution in [1.29, 1.82) is 0 Å². The van der Waals surface area contributed by atoms with Crippen LogP contribution < -0.4 is 5.32 Å². The van der Waals surface area contributed by atoms with Crippen molar-refractivity contribution in [3.05, 3.63) is 29.8 Å².